The molecule has 2 aliphatic carbocycles. The maximum absolute atomic E-state index is 3.98. The normalized spacial score (nSPS) is 36.6. The standard InChI is InChI=1S/C13H23N/c1-9(2)4-5-13(14-3)12-7-10-6-11(10)8-12/h10-14H,1,4-8H2,2-3H3. The first-order valence-electron chi connectivity index (χ1n) is 6.02. The average Bonchev–Trinajstić information content (AvgIpc) is 2.75. The fourth-order valence-corrected chi connectivity index (χ4v) is 3.11. The zero-order valence-electron chi connectivity index (χ0n) is 9.55. The van der Waals surface area contributed by atoms with E-state index in [-0.39, 0.29) is 0 Å². The number of hydrogen-bond donors (Lipinski definition) is 1. The van der Waals surface area contributed by atoms with E-state index in [0.29, 0.717) is 0 Å². The van der Waals surface area contributed by atoms with Gasteiger partial charge in [0.1, 0.15) is 0 Å². The van der Waals surface area contributed by atoms with Gasteiger partial charge < -0.3 is 5.32 Å². The molecule has 2 saturated carbocycles. The molecule has 0 saturated heterocycles. The van der Waals surface area contributed by atoms with Gasteiger partial charge in [-0.05, 0) is 63.8 Å². The fraction of sp³-hybridized carbons (Fsp3) is 0.846. The number of allylic oxidation sites excluding steroid dienone is 1. The van der Waals surface area contributed by atoms with E-state index in [0.717, 1.165) is 23.8 Å². The van der Waals surface area contributed by atoms with Gasteiger partial charge in [0.2, 0.25) is 0 Å². The first kappa shape index (κ1) is 10.2. The van der Waals surface area contributed by atoms with Crippen molar-refractivity contribution in [3.8, 4) is 0 Å². The van der Waals surface area contributed by atoms with Crippen LogP contribution in [0.15, 0.2) is 12.2 Å². The largest absolute Gasteiger partial charge is 0.317 e. The minimum atomic E-state index is 0.750. The van der Waals surface area contributed by atoms with Crippen molar-refractivity contribution in [2.75, 3.05) is 7.05 Å². The summed E-state index contributed by atoms with van der Waals surface area (Å²) in [6.07, 6.45) is 7.00. The molecule has 3 unspecified atom stereocenters. The number of rotatable bonds is 5. The smallest absolute Gasteiger partial charge is 0.00955 e. The third-order valence-corrected chi connectivity index (χ3v) is 4.10. The highest BCUT2D eigenvalue weighted by molar-refractivity contribution is 5.00. The van der Waals surface area contributed by atoms with Gasteiger partial charge >= 0.3 is 0 Å². The summed E-state index contributed by atoms with van der Waals surface area (Å²) in [5.41, 5.74) is 1.33. The van der Waals surface area contributed by atoms with Crippen LogP contribution in [-0.2, 0) is 0 Å². The van der Waals surface area contributed by atoms with Crippen LogP contribution in [0.5, 0.6) is 0 Å². The van der Waals surface area contributed by atoms with E-state index < -0.39 is 0 Å². The van der Waals surface area contributed by atoms with Gasteiger partial charge in [0.05, 0.1) is 0 Å². The highest BCUT2D eigenvalue weighted by atomic mass is 14.9. The zero-order valence-corrected chi connectivity index (χ0v) is 9.55. The van der Waals surface area contributed by atoms with E-state index in [9.17, 15) is 0 Å². The van der Waals surface area contributed by atoms with Crippen LogP contribution < -0.4 is 5.32 Å². The molecule has 1 heteroatoms. The Morgan fingerprint density at radius 3 is 2.50 bits per heavy atom. The van der Waals surface area contributed by atoms with Crippen molar-refractivity contribution in [3.63, 3.8) is 0 Å². The number of fused-ring (bicyclic) bond motifs is 1. The molecule has 0 aliphatic heterocycles. The number of nitrogens with one attached hydrogen (secondary N) is 1. The van der Waals surface area contributed by atoms with Crippen molar-refractivity contribution >= 4 is 0 Å². The summed E-state index contributed by atoms with van der Waals surface area (Å²) in [6, 6.07) is 0.750. The summed E-state index contributed by atoms with van der Waals surface area (Å²) >= 11 is 0. The third-order valence-electron chi connectivity index (χ3n) is 4.10. The molecule has 0 radical (unpaired) electrons. The Balaban J connectivity index is 1.77. The van der Waals surface area contributed by atoms with Crippen molar-refractivity contribution in [3.05, 3.63) is 12.2 Å². The molecule has 80 valence electrons. The van der Waals surface area contributed by atoms with Crippen molar-refractivity contribution in [2.24, 2.45) is 17.8 Å². The van der Waals surface area contributed by atoms with Crippen LogP contribution >= 0.6 is 0 Å². The lowest BCUT2D eigenvalue weighted by atomic mass is 9.90. The van der Waals surface area contributed by atoms with E-state index in [2.05, 4.69) is 25.9 Å². The first-order chi connectivity index (χ1) is 6.70. The summed E-state index contributed by atoms with van der Waals surface area (Å²) in [4.78, 5) is 0. The lowest BCUT2D eigenvalue weighted by molar-refractivity contribution is 0.334. The molecule has 0 aromatic heterocycles. The summed E-state index contributed by atoms with van der Waals surface area (Å²) in [5, 5.41) is 3.50. The molecule has 14 heavy (non-hydrogen) atoms. The van der Waals surface area contributed by atoms with Gasteiger partial charge in [0, 0.05) is 6.04 Å². The zero-order chi connectivity index (χ0) is 10.1. The molecular formula is C13H23N. The molecule has 2 rings (SSSR count). The van der Waals surface area contributed by atoms with Gasteiger partial charge in [0.15, 0.2) is 0 Å². The molecule has 2 fully saturated rings. The topological polar surface area (TPSA) is 12.0 Å². The highest BCUT2D eigenvalue weighted by Crippen LogP contribution is 2.55. The monoisotopic (exact) mass is 193 g/mol. The van der Waals surface area contributed by atoms with Gasteiger partial charge in [-0.3, -0.25) is 0 Å². The minimum Gasteiger partial charge on any atom is -0.317 e. The Morgan fingerprint density at radius 2 is 2.00 bits per heavy atom. The van der Waals surface area contributed by atoms with Crippen molar-refractivity contribution < 1.29 is 0 Å². The Morgan fingerprint density at radius 1 is 1.36 bits per heavy atom. The predicted molar refractivity (Wildman–Crippen MR) is 61.2 cm³/mol. The van der Waals surface area contributed by atoms with Crippen molar-refractivity contribution in [1.29, 1.82) is 0 Å². The third kappa shape index (κ3) is 2.20. The van der Waals surface area contributed by atoms with Crippen molar-refractivity contribution in [1.82, 2.24) is 5.32 Å². The molecule has 2 aliphatic rings. The Hall–Kier alpha value is -0.300. The van der Waals surface area contributed by atoms with Crippen LogP contribution in [-0.4, -0.2) is 13.1 Å². The van der Waals surface area contributed by atoms with E-state index in [4.69, 9.17) is 0 Å². The maximum Gasteiger partial charge on any atom is 0.00955 e. The second kappa shape index (κ2) is 4.06. The van der Waals surface area contributed by atoms with Gasteiger partial charge in [0.25, 0.3) is 0 Å². The van der Waals surface area contributed by atoms with Crippen LogP contribution in [0.3, 0.4) is 0 Å². The Labute approximate surface area is 88.0 Å². The van der Waals surface area contributed by atoms with Gasteiger partial charge in [-0.1, -0.05) is 5.57 Å². The summed E-state index contributed by atoms with van der Waals surface area (Å²) < 4.78 is 0. The second-order valence-electron chi connectivity index (χ2n) is 5.38. The molecule has 0 heterocycles. The van der Waals surface area contributed by atoms with Crippen LogP contribution in [0.4, 0.5) is 0 Å². The molecule has 0 aromatic carbocycles. The predicted octanol–water partition coefficient (Wildman–Crippen LogP) is 2.98. The molecule has 0 amide bonds. The Kier molecular flexibility index (Phi) is 2.96. The summed E-state index contributed by atoms with van der Waals surface area (Å²) in [5.74, 6) is 3.18. The SMILES string of the molecule is C=C(C)CCC(NC)C1CC2CC2C1. The molecule has 0 aromatic rings. The Bertz CT molecular complexity index is 211. The molecule has 1 N–H and O–H groups in total. The molecule has 3 atom stereocenters. The van der Waals surface area contributed by atoms with Gasteiger partial charge in [-0.2, -0.15) is 0 Å². The maximum atomic E-state index is 3.98. The van der Waals surface area contributed by atoms with E-state index in [1.54, 1.807) is 0 Å². The molecule has 0 spiro atoms. The average molecular weight is 193 g/mol. The van der Waals surface area contributed by atoms with E-state index >= 15 is 0 Å². The van der Waals surface area contributed by atoms with Crippen molar-refractivity contribution in [2.45, 2.75) is 45.1 Å². The van der Waals surface area contributed by atoms with Crippen LogP contribution in [0.25, 0.3) is 0 Å². The first-order valence-corrected chi connectivity index (χ1v) is 6.02. The highest BCUT2D eigenvalue weighted by Gasteiger charge is 2.47. The lowest BCUT2D eigenvalue weighted by Gasteiger charge is -2.24. The van der Waals surface area contributed by atoms with E-state index in [1.807, 2.05) is 0 Å². The number of hydrogen-bond acceptors (Lipinski definition) is 1. The van der Waals surface area contributed by atoms with Crippen LogP contribution in [0.1, 0.15) is 39.0 Å². The van der Waals surface area contributed by atoms with Crippen LogP contribution in [0, 0.1) is 17.8 Å². The minimum absolute atomic E-state index is 0.750. The lowest BCUT2D eigenvalue weighted by Crippen LogP contribution is -2.32. The summed E-state index contributed by atoms with van der Waals surface area (Å²) in [7, 11) is 2.12. The summed E-state index contributed by atoms with van der Waals surface area (Å²) in [6.45, 7) is 6.12. The quantitative estimate of drug-likeness (QED) is 0.662. The molecule has 0 bridgehead atoms. The van der Waals surface area contributed by atoms with Gasteiger partial charge in [-0.15, -0.1) is 6.58 Å². The second-order valence-corrected chi connectivity index (χ2v) is 5.38. The van der Waals surface area contributed by atoms with Crippen LogP contribution in [0.2, 0.25) is 0 Å². The molecule has 1 nitrogen and oxygen atoms in total. The fourth-order valence-electron chi connectivity index (χ4n) is 3.11. The van der Waals surface area contributed by atoms with E-state index in [1.165, 1.54) is 37.7 Å². The van der Waals surface area contributed by atoms with Gasteiger partial charge in [-0.25, -0.2) is 0 Å². The molecular weight excluding hydrogens is 170 g/mol.